The van der Waals surface area contributed by atoms with Crippen molar-refractivity contribution < 1.29 is 0 Å². The minimum Gasteiger partial charge on any atom is -0.367 e. The minimum absolute atomic E-state index is 0.422. The van der Waals surface area contributed by atoms with Gasteiger partial charge in [0.25, 0.3) is 0 Å². The highest BCUT2D eigenvalue weighted by molar-refractivity contribution is 5.69. The van der Waals surface area contributed by atoms with E-state index < -0.39 is 0 Å². The van der Waals surface area contributed by atoms with Crippen molar-refractivity contribution in [3.8, 4) is 11.3 Å². The van der Waals surface area contributed by atoms with E-state index in [1.807, 2.05) is 18.6 Å². The summed E-state index contributed by atoms with van der Waals surface area (Å²) in [5.74, 6) is 1.24. The lowest BCUT2D eigenvalue weighted by molar-refractivity contribution is 0.700. The fourth-order valence-electron chi connectivity index (χ4n) is 3.61. The number of pyridine rings is 1. The molecule has 0 saturated carbocycles. The van der Waals surface area contributed by atoms with Crippen LogP contribution < -0.4 is 5.32 Å². The standard InChI is InChI=1S/C25H29N5/c1-5-19(4)23-15-28-25-24(27-11-10-20-8-6-17(2)7-9-20)29-22(16-30(23)25)21-12-18(3)13-26-14-21/h6-9,12-16,19H,5,10-11H2,1-4H3,(H,27,29). The van der Waals surface area contributed by atoms with E-state index in [1.54, 1.807) is 0 Å². The SMILES string of the molecule is CCC(C)c1cnc2c(NCCc3ccc(C)cc3)nc(-c3cncc(C)c3)cn12. The average molecular weight is 400 g/mol. The lowest BCUT2D eigenvalue weighted by Gasteiger charge is -2.13. The number of nitrogens with one attached hydrogen (secondary N) is 1. The van der Waals surface area contributed by atoms with Crippen LogP contribution in [0.2, 0.25) is 0 Å². The molecule has 0 spiro atoms. The lowest BCUT2D eigenvalue weighted by Crippen LogP contribution is -2.09. The van der Waals surface area contributed by atoms with Crippen LogP contribution in [0, 0.1) is 13.8 Å². The first-order valence-electron chi connectivity index (χ1n) is 10.6. The number of rotatable bonds is 7. The molecule has 0 amide bonds. The first-order chi connectivity index (χ1) is 14.5. The maximum Gasteiger partial charge on any atom is 0.180 e. The Morgan fingerprint density at radius 2 is 1.83 bits per heavy atom. The van der Waals surface area contributed by atoms with Crippen molar-refractivity contribution >= 4 is 11.5 Å². The summed E-state index contributed by atoms with van der Waals surface area (Å²) in [7, 11) is 0. The van der Waals surface area contributed by atoms with Crippen molar-refractivity contribution in [2.75, 3.05) is 11.9 Å². The topological polar surface area (TPSA) is 55.1 Å². The van der Waals surface area contributed by atoms with E-state index in [9.17, 15) is 0 Å². The van der Waals surface area contributed by atoms with Gasteiger partial charge >= 0.3 is 0 Å². The third-order valence-corrected chi connectivity index (χ3v) is 5.64. The number of imidazole rings is 1. The Bertz CT molecular complexity index is 1140. The Morgan fingerprint density at radius 3 is 2.57 bits per heavy atom. The Labute approximate surface area is 178 Å². The zero-order valence-electron chi connectivity index (χ0n) is 18.2. The molecule has 4 rings (SSSR count). The second-order valence-corrected chi connectivity index (χ2v) is 8.07. The van der Waals surface area contributed by atoms with Crippen molar-refractivity contribution in [3.63, 3.8) is 0 Å². The molecule has 3 aromatic heterocycles. The van der Waals surface area contributed by atoms with Crippen molar-refractivity contribution in [2.45, 2.75) is 46.5 Å². The van der Waals surface area contributed by atoms with Crippen LogP contribution >= 0.6 is 0 Å². The van der Waals surface area contributed by atoms with E-state index in [2.05, 4.69) is 78.9 Å². The van der Waals surface area contributed by atoms with Gasteiger partial charge in [-0.1, -0.05) is 43.7 Å². The lowest BCUT2D eigenvalue weighted by atomic mass is 10.1. The molecular weight excluding hydrogens is 370 g/mol. The number of aromatic nitrogens is 4. The van der Waals surface area contributed by atoms with Crippen molar-refractivity contribution in [1.82, 2.24) is 19.4 Å². The van der Waals surface area contributed by atoms with Gasteiger partial charge < -0.3 is 5.32 Å². The van der Waals surface area contributed by atoms with E-state index in [4.69, 9.17) is 9.97 Å². The van der Waals surface area contributed by atoms with E-state index in [0.717, 1.165) is 47.7 Å². The van der Waals surface area contributed by atoms with Gasteiger partial charge in [-0.25, -0.2) is 9.97 Å². The average Bonchev–Trinajstić information content (AvgIpc) is 3.19. The van der Waals surface area contributed by atoms with Gasteiger partial charge in [0.05, 0.1) is 5.69 Å². The number of benzene rings is 1. The molecular formula is C25H29N5. The second-order valence-electron chi connectivity index (χ2n) is 8.07. The molecule has 1 atom stereocenters. The monoisotopic (exact) mass is 399 g/mol. The first-order valence-corrected chi connectivity index (χ1v) is 10.6. The molecule has 3 heterocycles. The van der Waals surface area contributed by atoms with Gasteiger partial charge in [0.15, 0.2) is 11.5 Å². The number of hydrogen-bond donors (Lipinski definition) is 1. The van der Waals surface area contributed by atoms with Gasteiger partial charge in [-0.2, -0.15) is 0 Å². The highest BCUT2D eigenvalue weighted by Crippen LogP contribution is 2.27. The van der Waals surface area contributed by atoms with Crippen molar-refractivity contribution in [2.24, 2.45) is 0 Å². The molecule has 0 aliphatic rings. The molecule has 154 valence electrons. The zero-order valence-corrected chi connectivity index (χ0v) is 18.2. The molecule has 0 fully saturated rings. The van der Waals surface area contributed by atoms with E-state index in [-0.39, 0.29) is 0 Å². The quantitative estimate of drug-likeness (QED) is 0.441. The van der Waals surface area contributed by atoms with Crippen molar-refractivity contribution in [1.29, 1.82) is 0 Å². The van der Waals surface area contributed by atoms with Crippen LogP contribution in [0.5, 0.6) is 0 Å². The van der Waals surface area contributed by atoms with E-state index in [0.29, 0.717) is 5.92 Å². The van der Waals surface area contributed by atoms with E-state index in [1.165, 1.54) is 16.8 Å². The molecule has 5 nitrogen and oxygen atoms in total. The molecule has 0 radical (unpaired) electrons. The van der Waals surface area contributed by atoms with E-state index >= 15 is 0 Å². The highest BCUT2D eigenvalue weighted by atomic mass is 15.1. The third-order valence-electron chi connectivity index (χ3n) is 5.64. The van der Waals surface area contributed by atoms with Gasteiger partial charge in [0, 0.05) is 42.6 Å². The number of anilines is 1. The van der Waals surface area contributed by atoms with Crippen LogP contribution in [-0.4, -0.2) is 25.9 Å². The van der Waals surface area contributed by atoms with Crippen LogP contribution in [0.25, 0.3) is 16.9 Å². The van der Waals surface area contributed by atoms with Gasteiger partial charge in [-0.3, -0.25) is 9.38 Å². The fourth-order valence-corrected chi connectivity index (χ4v) is 3.61. The summed E-state index contributed by atoms with van der Waals surface area (Å²) in [6.45, 7) is 9.41. The number of fused-ring (bicyclic) bond motifs is 1. The summed E-state index contributed by atoms with van der Waals surface area (Å²) in [4.78, 5) is 14.0. The molecule has 30 heavy (non-hydrogen) atoms. The second kappa shape index (κ2) is 8.66. The molecule has 4 aromatic rings. The fraction of sp³-hybridized carbons (Fsp3) is 0.320. The molecule has 1 aromatic carbocycles. The summed E-state index contributed by atoms with van der Waals surface area (Å²) in [5.41, 5.74) is 7.71. The van der Waals surface area contributed by atoms with Gasteiger partial charge in [0.2, 0.25) is 0 Å². The van der Waals surface area contributed by atoms with Crippen LogP contribution in [0.3, 0.4) is 0 Å². The summed E-state index contributed by atoms with van der Waals surface area (Å²) < 4.78 is 2.19. The molecule has 1 N–H and O–H groups in total. The van der Waals surface area contributed by atoms with Gasteiger partial charge in [-0.05, 0) is 49.8 Å². The first kappa shape index (κ1) is 20.1. The molecule has 0 bridgehead atoms. The van der Waals surface area contributed by atoms with Crippen LogP contribution in [0.4, 0.5) is 5.82 Å². The molecule has 0 saturated heterocycles. The Kier molecular flexibility index (Phi) is 5.79. The predicted molar refractivity (Wildman–Crippen MR) is 123 cm³/mol. The predicted octanol–water partition coefficient (Wildman–Crippen LogP) is 5.58. The number of hydrogen-bond acceptors (Lipinski definition) is 4. The Morgan fingerprint density at radius 1 is 1.03 bits per heavy atom. The highest BCUT2D eigenvalue weighted by Gasteiger charge is 2.15. The van der Waals surface area contributed by atoms with Crippen LogP contribution in [-0.2, 0) is 6.42 Å². The molecule has 1 unspecified atom stereocenters. The van der Waals surface area contributed by atoms with Crippen molar-refractivity contribution in [3.05, 3.63) is 77.5 Å². The number of nitrogens with zero attached hydrogens (tertiary/aromatic N) is 4. The third kappa shape index (κ3) is 4.20. The molecule has 5 heteroatoms. The minimum atomic E-state index is 0.422. The summed E-state index contributed by atoms with van der Waals surface area (Å²) in [5, 5.41) is 3.53. The zero-order chi connectivity index (χ0) is 21.1. The van der Waals surface area contributed by atoms with Crippen LogP contribution in [0.15, 0.2) is 55.1 Å². The number of aryl methyl sites for hydroxylation is 2. The largest absolute Gasteiger partial charge is 0.367 e. The maximum absolute atomic E-state index is 4.92. The Balaban J connectivity index is 1.69. The smallest absolute Gasteiger partial charge is 0.180 e. The molecule has 0 aliphatic heterocycles. The summed E-state index contributed by atoms with van der Waals surface area (Å²) in [6.07, 6.45) is 9.80. The summed E-state index contributed by atoms with van der Waals surface area (Å²) >= 11 is 0. The van der Waals surface area contributed by atoms with Gasteiger partial charge in [-0.15, -0.1) is 0 Å². The van der Waals surface area contributed by atoms with Gasteiger partial charge in [0.1, 0.15) is 0 Å². The molecule has 0 aliphatic carbocycles. The summed E-state index contributed by atoms with van der Waals surface area (Å²) in [6, 6.07) is 10.8. The normalized spacial score (nSPS) is 12.3. The maximum atomic E-state index is 4.92. The Hall–Kier alpha value is -3.21. The van der Waals surface area contributed by atoms with Crippen LogP contribution in [0.1, 0.15) is 48.6 Å².